The van der Waals surface area contributed by atoms with E-state index >= 15 is 0 Å². The molecular weight excluding hydrogens is 371 g/mol. The quantitative estimate of drug-likeness (QED) is 0.870. The zero-order valence-electron chi connectivity index (χ0n) is 10.9. The first-order valence-corrected chi connectivity index (χ1v) is 8.78. The van der Waals surface area contributed by atoms with Crippen molar-refractivity contribution < 1.29 is 12.8 Å². The fourth-order valence-corrected chi connectivity index (χ4v) is 5.45. The maximum Gasteiger partial charge on any atom is 0.245 e. The molecule has 8 heteroatoms. The summed E-state index contributed by atoms with van der Waals surface area (Å²) in [6.07, 6.45) is 1.48. The van der Waals surface area contributed by atoms with Crippen LogP contribution in [0.3, 0.4) is 0 Å². The molecule has 1 aromatic rings. The molecule has 1 aliphatic rings. The molecule has 1 heterocycles. The summed E-state index contributed by atoms with van der Waals surface area (Å²) in [5.41, 5.74) is 0. The SMILES string of the molecule is CN(C1CCNCC1)S(=O)(=O)c1c(Cl)cc(F)cc1Br. The van der Waals surface area contributed by atoms with Crippen molar-refractivity contribution in [2.45, 2.75) is 23.8 Å². The zero-order chi connectivity index (χ0) is 14.9. The number of sulfonamides is 1. The van der Waals surface area contributed by atoms with Gasteiger partial charge in [0.05, 0.1) is 5.02 Å². The lowest BCUT2D eigenvalue weighted by molar-refractivity contribution is 0.296. The summed E-state index contributed by atoms with van der Waals surface area (Å²) in [7, 11) is -2.22. The Morgan fingerprint density at radius 3 is 2.55 bits per heavy atom. The minimum Gasteiger partial charge on any atom is -0.317 e. The molecule has 0 aliphatic carbocycles. The fourth-order valence-electron chi connectivity index (χ4n) is 2.29. The van der Waals surface area contributed by atoms with Gasteiger partial charge in [0, 0.05) is 17.6 Å². The van der Waals surface area contributed by atoms with Crippen molar-refractivity contribution >= 4 is 37.6 Å². The van der Waals surface area contributed by atoms with E-state index in [0.29, 0.717) is 0 Å². The maximum absolute atomic E-state index is 13.2. The van der Waals surface area contributed by atoms with E-state index in [9.17, 15) is 12.8 Å². The third-order valence-electron chi connectivity index (χ3n) is 3.42. The Bertz CT molecular complexity index is 582. The predicted octanol–water partition coefficient (Wildman–Crippen LogP) is 2.61. The molecule has 0 saturated carbocycles. The molecule has 0 spiro atoms. The van der Waals surface area contributed by atoms with Crippen LogP contribution in [0.4, 0.5) is 4.39 Å². The molecule has 0 atom stereocenters. The molecule has 0 unspecified atom stereocenters. The van der Waals surface area contributed by atoms with Gasteiger partial charge in [-0.15, -0.1) is 0 Å². The zero-order valence-corrected chi connectivity index (χ0v) is 14.0. The molecule has 1 aromatic carbocycles. The van der Waals surface area contributed by atoms with Gasteiger partial charge >= 0.3 is 0 Å². The molecular formula is C12H15BrClFN2O2S. The van der Waals surface area contributed by atoms with Crippen LogP contribution in [0.1, 0.15) is 12.8 Å². The van der Waals surface area contributed by atoms with Crippen molar-refractivity contribution in [2.75, 3.05) is 20.1 Å². The Hall–Kier alpha value is -0.210. The van der Waals surface area contributed by atoms with Crippen molar-refractivity contribution in [1.82, 2.24) is 9.62 Å². The van der Waals surface area contributed by atoms with Crippen molar-refractivity contribution in [1.29, 1.82) is 0 Å². The summed E-state index contributed by atoms with van der Waals surface area (Å²) < 4.78 is 40.0. The summed E-state index contributed by atoms with van der Waals surface area (Å²) in [4.78, 5) is -0.0819. The van der Waals surface area contributed by atoms with Crippen molar-refractivity contribution in [2.24, 2.45) is 0 Å². The number of nitrogens with zero attached hydrogens (tertiary/aromatic N) is 1. The molecule has 1 aliphatic heterocycles. The number of benzene rings is 1. The van der Waals surface area contributed by atoms with E-state index in [1.54, 1.807) is 0 Å². The monoisotopic (exact) mass is 384 g/mol. The van der Waals surface area contributed by atoms with Crippen LogP contribution < -0.4 is 5.32 Å². The average molecular weight is 386 g/mol. The highest BCUT2D eigenvalue weighted by Gasteiger charge is 2.32. The number of piperidine rings is 1. The molecule has 2 rings (SSSR count). The van der Waals surface area contributed by atoms with Crippen LogP contribution in [0.25, 0.3) is 0 Å². The van der Waals surface area contributed by atoms with Gasteiger partial charge in [-0.1, -0.05) is 11.6 Å². The number of nitrogens with one attached hydrogen (secondary N) is 1. The minimum atomic E-state index is -3.76. The minimum absolute atomic E-state index is 0.0748. The Labute approximate surface area is 131 Å². The van der Waals surface area contributed by atoms with Gasteiger partial charge in [-0.25, -0.2) is 12.8 Å². The summed E-state index contributed by atoms with van der Waals surface area (Å²) in [5, 5.41) is 3.07. The van der Waals surface area contributed by atoms with Crippen LogP contribution in [0.15, 0.2) is 21.5 Å². The third kappa shape index (κ3) is 3.17. The second kappa shape index (κ2) is 6.27. The molecule has 1 saturated heterocycles. The molecule has 0 aromatic heterocycles. The third-order valence-corrected chi connectivity index (χ3v) is 6.73. The number of rotatable bonds is 3. The highest BCUT2D eigenvalue weighted by molar-refractivity contribution is 9.10. The molecule has 0 amide bonds. The number of hydrogen-bond acceptors (Lipinski definition) is 3. The van der Waals surface area contributed by atoms with Gasteiger partial charge in [0.25, 0.3) is 0 Å². The van der Waals surface area contributed by atoms with E-state index in [2.05, 4.69) is 21.2 Å². The van der Waals surface area contributed by atoms with Crippen molar-refractivity contribution in [3.8, 4) is 0 Å². The van der Waals surface area contributed by atoms with E-state index in [4.69, 9.17) is 11.6 Å². The lowest BCUT2D eigenvalue weighted by Crippen LogP contribution is -2.44. The van der Waals surface area contributed by atoms with Crippen molar-refractivity contribution in [3.05, 3.63) is 27.4 Å². The second-order valence-corrected chi connectivity index (χ2v) is 7.90. The first-order valence-electron chi connectivity index (χ1n) is 6.17. The van der Waals surface area contributed by atoms with E-state index in [-0.39, 0.29) is 20.4 Å². The van der Waals surface area contributed by atoms with Gasteiger partial charge in [0.1, 0.15) is 10.7 Å². The molecule has 1 fully saturated rings. The van der Waals surface area contributed by atoms with Gasteiger partial charge in [-0.2, -0.15) is 4.31 Å². The van der Waals surface area contributed by atoms with Gasteiger partial charge in [0.15, 0.2) is 0 Å². The van der Waals surface area contributed by atoms with E-state index in [1.165, 1.54) is 11.4 Å². The number of halogens is 3. The summed E-state index contributed by atoms with van der Waals surface area (Å²) in [6, 6.07) is 2.04. The summed E-state index contributed by atoms with van der Waals surface area (Å²) in [6.45, 7) is 1.56. The molecule has 20 heavy (non-hydrogen) atoms. The van der Waals surface area contributed by atoms with Gasteiger partial charge in [-0.05, 0) is 54.0 Å². The summed E-state index contributed by atoms with van der Waals surface area (Å²) >= 11 is 9.00. The smallest absolute Gasteiger partial charge is 0.245 e. The van der Waals surface area contributed by atoms with Crippen LogP contribution in [0.5, 0.6) is 0 Å². The molecule has 0 bridgehead atoms. The normalized spacial score (nSPS) is 17.6. The Balaban J connectivity index is 2.39. The predicted molar refractivity (Wildman–Crippen MR) is 80.0 cm³/mol. The number of hydrogen-bond donors (Lipinski definition) is 1. The highest BCUT2D eigenvalue weighted by atomic mass is 79.9. The lowest BCUT2D eigenvalue weighted by Gasteiger charge is -2.31. The maximum atomic E-state index is 13.2. The van der Waals surface area contributed by atoms with Gasteiger partial charge in [0.2, 0.25) is 10.0 Å². The second-order valence-electron chi connectivity index (χ2n) is 4.70. The van der Waals surface area contributed by atoms with Crippen LogP contribution in [0, 0.1) is 5.82 Å². The molecule has 1 N–H and O–H groups in total. The van der Waals surface area contributed by atoms with Crippen LogP contribution >= 0.6 is 27.5 Å². The topological polar surface area (TPSA) is 49.4 Å². The Kier molecular flexibility index (Phi) is 5.07. The first-order chi connectivity index (χ1) is 9.34. The standard InChI is InChI=1S/C12H15BrClFN2O2S/c1-17(9-2-4-16-5-3-9)20(18,19)12-10(13)6-8(15)7-11(12)14/h6-7,9,16H,2-5H2,1H3. The van der Waals surface area contributed by atoms with Gasteiger partial charge < -0.3 is 5.32 Å². The van der Waals surface area contributed by atoms with E-state index < -0.39 is 15.8 Å². The summed E-state index contributed by atoms with van der Waals surface area (Å²) in [5.74, 6) is -0.578. The Morgan fingerprint density at radius 2 is 2.00 bits per heavy atom. The van der Waals surface area contributed by atoms with E-state index in [1.807, 2.05) is 0 Å². The highest BCUT2D eigenvalue weighted by Crippen LogP contribution is 2.33. The molecule has 4 nitrogen and oxygen atoms in total. The van der Waals surface area contributed by atoms with Crippen molar-refractivity contribution in [3.63, 3.8) is 0 Å². The van der Waals surface area contributed by atoms with Gasteiger partial charge in [-0.3, -0.25) is 0 Å². The van der Waals surface area contributed by atoms with Crippen LogP contribution in [0.2, 0.25) is 5.02 Å². The van der Waals surface area contributed by atoms with Crippen LogP contribution in [-0.4, -0.2) is 38.9 Å². The Morgan fingerprint density at radius 1 is 1.40 bits per heavy atom. The lowest BCUT2D eigenvalue weighted by atomic mass is 10.1. The van der Waals surface area contributed by atoms with Crippen LogP contribution in [-0.2, 0) is 10.0 Å². The molecule has 112 valence electrons. The molecule has 0 radical (unpaired) electrons. The largest absolute Gasteiger partial charge is 0.317 e. The fraction of sp³-hybridized carbons (Fsp3) is 0.500. The average Bonchev–Trinajstić information content (AvgIpc) is 2.37. The first kappa shape index (κ1) is 16.2. The van der Waals surface area contributed by atoms with E-state index in [0.717, 1.165) is 38.1 Å².